The normalized spacial score (nSPS) is 12.5. The molecule has 3 N–H and O–H groups in total. The number of anilines is 1. The largest absolute Gasteiger partial charge is 0.476 e. The van der Waals surface area contributed by atoms with Crippen molar-refractivity contribution in [3.63, 3.8) is 0 Å². The standard InChI is InChI=1S/C13H21N3O3/c1-8(2)12-15-7-10(11(16-12)13(18)19)14-6-4-5-9(3)17/h7-9,14,17H,4-6H2,1-3H3,(H,18,19). The molecular formula is C13H21N3O3. The van der Waals surface area contributed by atoms with E-state index in [4.69, 9.17) is 10.2 Å². The van der Waals surface area contributed by atoms with Crippen molar-refractivity contribution in [3.8, 4) is 0 Å². The lowest BCUT2D eigenvalue weighted by Gasteiger charge is -2.11. The van der Waals surface area contributed by atoms with Crippen LogP contribution in [0.3, 0.4) is 0 Å². The van der Waals surface area contributed by atoms with E-state index in [9.17, 15) is 4.79 Å². The Bertz CT molecular complexity index is 433. The monoisotopic (exact) mass is 267 g/mol. The van der Waals surface area contributed by atoms with E-state index in [-0.39, 0.29) is 17.7 Å². The first kappa shape index (κ1) is 15.4. The van der Waals surface area contributed by atoms with Gasteiger partial charge < -0.3 is 15.5 Å². The minimum absolute atomic E-state index is 0.00394. The molecule has 1 atom stereocenters. The summed E-state index contributed by atoms with van der Waals surface area (Å²) in [5, 5.41) is 21.3. The number of carboxylic acid groups (broad SMARTS) is 1. The number of aliphatic hydroxyl groups excluding tert-OH is 1. The summed E-state index contributed by atoms with van der Waals surface area (Å²) < 4.78 is 0. The molecule has 0 aliphatic carbocycles. The molecule has 0 saturated heterocycles. The van der Waals surface area contributed by atoms with Gasteiger partial charge in [-0.15, -0.1) is 0 Å². The van der Waals surface area contributed by atoms with Gasteiger partial charge in [-0.2, -0.15) is 0 Å². The van der Waals surface area contributed by atoms with Crippen LogP contribution in [0, 0.1) is 0 Å². The summed E-state index contributed by atoms with van der Waals surface area (Å²) in [7, 11) is 0. The minimum Gasteiger partial charge on any atom is -0.476 e. The highest BCUT2D eigenvalue weighted by atomic mass is 16.4. The molecule has 106 valence electrons. The molecule has 0 saturated carbocycles. The number of nitrogens with zero attached hydrogens (tertiary/aromatic N) is 2. The molecule has 6 heteroatoms. The molecule has 0 fully saturated rings. The van der Waals surface area contributed by atoms with Crippen LogP contribution in [-0.4, -0.2) is 38.8 Å². The third kappa shape index (κ3) is 4.82. The summed E-state index contributed by atoms with van der Waals surface area (Å²) in [6.45, 7) is 6.13. The van der Waals surface area contributed by atoms with Gasteiger partial charge in [0.25, 0.3) is 0 Å². The maximum absolute atomic E-state index is 11.2. The second kappa shape index (κ2) is 7.04. The number of carboxylic acids is 1. The van der Waals surface area contributed by atoms with E-state index in [1.54, 1.807) is 6.92 Å². The SMILES string of the molecule is CC(O)CCCNc1cnc(C(C)C)nc1C(=O)O. The van der Waals surface area contributed by atoms with Crippen LogP contribution < -0.4 is 5.32 Å². The van der Waals surface area contributed by atoms with E-state index < -0.39 is 5.97 Å². The highest BCUT2D eigenvalue weighted by molar-refractivity contribution is 5.91. The topological polar surface area (TPSA) is 95.3 Å². The van der Waals surface area contributed by atoms with E-state index in [0.29, 0.717) is 24.5 Å². The molecule has 0 aliphatic heterocycles. The minimum atomic E-state index is -1.07. The van der Waals surface area contributed by atoms with Crippen molar-refractivity contribution in [1.29, 1.82) is 0 Å². The van der Waals surface area contributed by atoms with Gasteiger partial charge in [-0.3, -0.25) is 0 Å². The first-order valence-electron chi connectivity index (χ1n) is 6.44. The molecule has 19 heavy (non-hydrogen) atoms. The third-order valence-corrected chi connectivity index (χ3v) is 2.64. The van der Waals surface area contributed by atoms with E-state index in [1.807, 2.05) is 13.8 Å². The number of aliphatic hydroxyl groups is 1. The Kier molecular flexibility index (Phi) is 5.69. The summed E-state index contributed by atoms with van der Waals surface area (Å²) in [6, 6.07) is 0. The van der Waals surface area contributed by atoms with Crippen LogP contribution in [0.25, 0.3) is 0 Å². The number of aromatic carboxylic acids is 1. The summed E-state index contributed by atoms with van der Waals surface area (Å²) in [4.78, 5) is 19.4. The van der Waals surface area contributed by atoms with Crippen molar-refractivity contribution >= 4 is 11.7 Å². The Morgan fingerprint density at radius 3 is 2.63 bits per heavy atom. The van der Waals surface area contributed by atoms with Crippen molar-refractivity contribution in [2.75, 3.05) is 11.9 Å². The highest BCUT2D eigenvalue weighted by Gasteiger charge is 2.15. The molecular weight excluding hydrogens is 246 g/mol. The van der Waals surface area contributed by atoms with E-state index >= 15 is 0 Å². The number of nitrogens with one attached hydrogen (secondary N) is 1. The predicted molar refractivity (Wildman–Crippen MR) is 72.5 cm³/mol. The first-order valence-corrected chi connectivity index (χ1v) is 6.44. The van der Waals surface area contributed by atoms with Crippen LogP contribution in [0.2, 0.25) is 0 Å². The maximum Gasteiger partial charge on any atom is 0.356 e. The quantitative estimate of drug-likeness (QED) is 0.653. The lowest BCUT2D eigenvalue weighted by atomic mass is 10.2. The average Bonchev–Trinajstić information content (AvgIpc) is 2.34. The predicted octanol–water partition coefficient (Wildman–Crippen LogP) is 1.87. The number of aromatic nitrogens is 2. The van der Waals surface area contributed by atoms with Gasteiger partial charge in [0.15, 0.2) is 5.69 Å². The van der Waals surface area contributed by atoms with Crippen LogP contribution in [0.5, 0.6) is 0 Å². The van der Waals surface area contributed by atoms with Gasteiger partial charge in [-0.25, -0.2) is 14.8 Å². The smallest absolute Gasteiger partial charge is 0.356 e. The zero-order valence-electron chi connectivity index (χ0n) is 11.6. The average molecular weight is 267 g/mol. The zero-order valence-corrected chi connectivity index (χ0v) is 11.6. The summed E-state index contributed by atoms with van der Waals surface area (Å²) >= 11 is 0. The lowest BCUT2D eigenvalue weighted by molar-refractivity contribution is 0.0691. The Morgan fingerprint density at radius 2 is 2.11 bits per heavy atom. The Morgan fingerprint density at radius 1 is 1.42 bits per heavy atom. The van der Waals surface area contributed by atoms with Crippen LogP contribution in [0.4, 0.5) is 5.69 Å². The fraction of sp³-hybridized carbons (Fsp3) is 0.615. The molecule has 1 aromatic heterocycles. The number of rotatable bonds is 7. The fourth-order valence-electron chi connectivity index (χ4n) is 1.59. The maximum atomic E-state index is 11.2. The van der Waals surface area contributed by atoms with E-state index in [2.05, 4.69) is 15.3 Å². The number of hydrogen-bond acceptors (Lipinski definition) is 5. The molecule has 6 nitrogen and oxygen atoms in total. The van der Waals surface area contributed by atoms with Crippen LogP contribution >= 0.6 is 0 Å². The Hall–Kier alpha value is -1.69. The lowest BCUT2D eigenvalue weighted by Crippen LogP contribution is -2.13. The third-order valence-electron chi connectivity index (χ3n) is 2.64. The van der Waals surface area contributed by atoms with Crippen LogP contribution in [0.15, 0.2) is 6.20 Å². The molecule has 0 aliphatic rings. The van der Waals surface area contributed by atoms with Crippen molar-refractivity contribution in [1.82, 2.24) is 9.97 Å². The molecule has 1 heterocycles. The molecule has 0 radical (unpaired) electrons. The zero-order chi connectivity index (χ0) is 14.4. The van der Waals surface area contributed by atoms with Crippen molar-refractivity contribution in [2.45, 2.75) is 45.6 Å². The van der Waals surface area contributed by atoms with Gasteiger partial charge in [0.1, 0.15) is 5.82 Å². The van der Waals surface area contributed by atoms with Gasteiger partial charge in [0, 0.05) is 12.5 Å². The van der Waals surface area contributed by atoms with Crippen molar-refractivity contribution in [3.05, 3.63) is 17.7 Å². The Balaban J connectivity index is 2.74. The molecule has 1 unspecified atom stereocenters. The van der Waals surface area contributed by atoms with Gasteiger partial charge in [-0.1, -0.05) is 13.8 Å². The highest BCUT2D eigenvalue weighted by Crippen LogP contribution is 2.16. The second-order valence-corrected chi connectivity index (χ2v) is 4.87. The summed E-state index contributed by atoms with van der Waals surface area (Å²) in [5.41, 5.74) is 0.415. The molecule has 0 aromatic carbocycles. The first-order chi connectivity index (χ1) is 8.91. The van der Waals surface area contributed by atoms with E-state index in [1.165, 1.54) is 6.20 Å². The van der Waals surface area contributed by atoms with Crippen molar-refractivity contribution < 1.29 is 15.0 Å². The van der Waals surface area contributed by atoms with Crippen LogP contribution in [0.1, 0.15) is 55.8 Å². The molecule has 0 bridgehead atoms. The summed E-state index contributed by atoms with van der Waals surface area (Å²) in [6.07, 6.45) is 2.58. The van der Waals surface area contributed by atoms with Crippen LogP contribution in [-0.2, 0) is 0 Å². The fourth-order valence-corrected chi connectivity index (χ4v) is 1.59. The molecule has 1 rings (SSSR count). The molecule has 1 aromatic rings. The Labute approximate surface area is 112 Å². The van der Waals surface area contributed by atoms with Gasteiger partial charge in [-0.05, 0) is 19.8 Å². The second-order valence-electron chi connectivity index (χ2n) is 4.87. The van der Waals surface area contributed by atoms with Gasteiger partial charge in [0.05, 0.1) is 18.0 Å². The number of hydrogen-bond donors (Lipinski definition) is 3. The van der Waals surface area contributed by atoms with Gasteiger partial charge >= 0.3 is 5.97 Å². The van der Waals surface area contributed by atoms with E-state index in [0.717, 1.165) is 6.42 Å². The molecule has 0 spiro atoms. The number of carbonyl (C=O) groups is 1. The van der Waals surface area contributed by atoms with Gasteiger partial charge in [0.2, 0.25) is 0 Å². The summed E-state index contributed by atoms with van der Waals surface area (Å²) in [5.74, 6) is -0.461. The molecule has 0 amide bonds. The van der Waals surface area contributed by atoms with Crippen molar-refractivity contribution in [2.24, 2.45) is 0 Å².